The molecule has 3 aromatic rings. The highest BCUT2D eigenvalue weighted by molar-refractivity contribution is 6.06. The second kappa shape index (κ2) is 7.44. The Morgan fingerprint density at radius 2 is 2.23 bits per heavy atom. The average Bonchev–Trinajstić information content (AvgIpc) is 3.07. The van der Waals surface area contributed by atoms with Crippen molar-refractivity contribution in [3.05, 3.63) is 58.2 Å². The van der Waals surface area contributed by atoms with Crippen LogP contribution in [-0.2, 0) is 11.3 Å². The van der Waals surface area contributed by atoms with Crippen molar-refractivity contribution >= 4 is 16.8 Å². The Morgan fingerprint density at radius 3 is 3.00 bits per heavy atom. The fourth-order valence-corrected chi connectivity index (χ4v) is 2.72. The van der Waals surface area contributed by atoms with Gasteiger partial charge in [0.15, 0.2) is 5.82 Å². The van der Waals surface area contributed by atoms with Crippen LogP contribution in [-0.4, -0.2) is 39.4 Å². The summed E-state index contributed by atoms with van der Waals surface area (Å²) in [5, 5.41) is 11.1. The Labute approximate surface area is 148 Å². The standard InChI is InChI=1S/C17H18FN5O3/c1-10(16-22-19-9-23(16)5-6-26-2)20-17(25)13-8-15(24)21-14-7-11(18)3-4-12(13)14/h3-4,7-10H,5-6H2,1-2H3,(H,20,25)(H,21,24). The van der Waals surface area contributed by atoms with Crippen LogP contribution in [0.15, 0.2) is 35.4 Å². The van der Waals surface area contributed by atoms with Crippen molar-refractivity contribution in [3.63, 3.8) is 0 Å². The van der Waals surface area contributed by atoms with E-state index in [2.05, 4.69) is 20.5 Å². The third-order valence-corrected chi connectivity index (χ3v) is 3.97. The van der Waals surface area contributed by atoms with E-state index in [1.807, 2.05) is 0 Å². The van der Waals surface area contributed by atoms with Crippen LogP contribution in [0.1, 0.15) is 29.1 Å². The first-order valence-corrected chi connectivity index (χ1v) is 7.99. The molecule has 0 saturated carbocycles. The van der Waals surface area contributed by atoms with E-state index >= 15 is 0 Å². The molecule has 0 saturated heterocycles. The van der Waals surface area contributed by atoms with Crippen molar-refractivity contribution in [1.29, 1.82) is 0 Å². The van der Waals surface area contributed by atoms with Crippen molar-refractivity contribution < 1.29 is 13.9 Å². The molecule has 2 aromatic heterocycles. The van der Waals surface area contributed by atoms with Crippen molar-refractivity contribution in [2.75, 3.05) is 13.7 Å². The summed E-state index contributed by atoms with van der Waals surface area (Å²) in [5.41, 5.74) is -0.0544. The van der Waals surface area contributed by atoms with Gasteiger partial charge in [-0.1, -0.05) is 0 Å². The smallest absolute Gasteiger partial charge is 0.252 e. The van der Waals surface area contributed by atoms with E-state index in [-0.39, 0.29) is 11.1 Å². The molecule has 0 aliphatic heterocycles. The van der Waals surface area contributed by atoms with Crippen molar-refractivity contribution in [2.24, 2.45) is 0 Å². The monoisotopic (exact) mass is 359 g/mol. The number of methoxy groups -OCH3 is 1. The fraction of sp³-hybridized carbons (Fsp3) is 0.294. The third kappa shape index (κ3) is 3.62. The third-order valence-electron chi connectivity index (χ3n) is 3.97. The number of aromatic nitrogens is 4. The molecule has 3 rings (SSSR count). The van der Waals surface area contributed by atoms with Gasteiger partial charge in [0.1, 0.15) is 12.1 Å². The first-order chi connectivity index (χ1) is 12.5. The van der Waals surface area contributed by atoms with Crippen molar-refractivity contribution in [1.82, 2.24) is 25.1 Å². The number of fused-ring (bicyclic) bond motifs is 1. The fourth-order valence-electron chi connectivity index (χ4n) is 2.72. The summed E-state index contributed by atoms with van der Waals surface area (Å²) < 4.78 is 20.2. The number of carbonyl (C=O) groups is 1. The molecule has 1 atom stereocenters. The number of hydrogen-bond acceptors (Lipinski definition) is 5. The van der Waals surface area contributed by atoms with E-state index in [1.165, 1.54) is 24.3 Å². The molecule has 0 bridgehead atoms. The van der Waals surface area contributed by atoms with Crippen LogP contribution in [0.5, 0.6) is 0 Å². The zero-order chi connectivity index (χ0) is 18.7. The number of aromatic amines is 1. The number of halogens is 1. The predicted octanol–water partition coefficient (Wildman–Crippen LogP) is 1.40. The zero-order valence-electron chi connectivity index (χ0n) is 14.3. The van der Waals surface area contributed by atoms with Crippen LogP contribution < -0.4 is 10.9 Å². The van der Waals surface area contributed by atoms with Crippen LogP contribution in [0.25, 0.3) is 10.9 Å². The minimum absolute atomic E-state index is 0.165. The number of carbonyl (C=O) groups excluding carboxylic acids is 1. The van der Waals surface area contributed by atoms with Crippen LogP contribution >= 0.6 is 0 Å². The van der Waals surface area contributed by atoms with Crippen molar-refractivity contribution in [2.45, 2.75) is 19.5 Å². The molecule has 0 spiro atoms. The molecule has 26 heavy (non-hydrogen) atoms. The van der Waals surface area contributed by atoms with Crippen LogP contribution in [0.3, 0.4) is 0 Å². The summed E-state index contributed by atoms with van der Waals surface area (Å²) in [6.07, 6.45) is 1.56. The summed E-state index contributed by atoms with van der Waals surface area (Å²) in [6, 6.07) is 4.62. The number of rotatable bonds is 6. The molecule has 1 aromatic carbocycles. The molecule has 9 heteroatoms. The Morgan fingerprint density at radius 1 is 1.42 bits per heavy atom. The van der Waals surface area contributed by atoms with Gasteiger partial charge < -0.3 is 19.6 Å². The first kappa shape index (κ1) is 17.7. The van der Waals surface area contributed by atoms with E-state index in [0.717, 1.165) is 0 Å². The summed E-state index contributed by atoms with van der Waals surface area (Å²) in [5.74, 6) is -0.387. The highest BCUT2D eigenvalue weighted by Crippen LogP contribution is 2.18. The van der Waals surface area contributed by atoms with Gasteiger partial charge in [-0.15, -0.1) is 10.2 Å². The van der Waals surface area contributed by atoms with Crippen molar-refractivity contribution in [3.8, 4) is 0 Å². The maximum Gasteiger partial charge on any atom is 0.252 e. The van der Waals surface area contributed by atoms with Gasteiger partial charge in [-0.05, 0) is 25.1 Å². The van der Waals surface area contributed by atoms with E-state index in [1.54, 1.807) is 24.9 Å². The molecule has 0 radical (unpaired) electrons. The van der Waals surface area contributed by atoms with Crippen LogP contribution in [0.2, 0.25) is 0 Å². The molecule has 1 unspecified atom stereocenters. The average molecular weight is 359 g/mol. The lowest BCUT2D eigenvalue weighted by Gasteiger charge is -2.15. The Hall–Kier alpha value is -3.07. The number of ether oxygens (including phenoxy) is 1. The number of amides is 1. The van der Waals surface area contributed by atoms with E-state index in [4.69, 9.17) is 4.74 Å². The second-order valence-electron chi connectivity index (χ2n) is 5.81. The number of hydrogen-bond donors (Lipinski definition) is 2. The second-order valence-corrected chi connectivity index (χ2v) is 5.81. The topological polar surface area (TPSA) is 102 Å². The summed E-state index contributed by atoms with van der Waals surface area (Å²) in [4.78, 5) is 27.0. The molecule has 0 aliphatic rings. The number of nitrogens with zero attached hydrogens (tertiary/aromatic N) is 3. The molecule has 0 aliphatic carbocycles. The molecule has 2 N–H and O–H groups in total. The number of benzene rings is 1. The Kier molecular flexibility index (Phi) is 5.08. The molecular weight excluding hydrogens is 341 g/mol. The number of H-pyrrole nitrogens is 1. The van der Waals surface area contributed by atoms with Gasteiger partial charge in [-0.3, -0.25) is 9.59 Å². The molecule has 136 valence electrons. The summed E-state index contributed by atoms with van der Waals surface area (Å²) >= 11 is 0. The lowest BCUT2D eigenvalue weighted by Crippen LogP contribution is -2.30. The van der Waals surface area contributed by atoms with Gasteiger partial charge in [0.2, 0.25) is 5.56 Å². The molecular formula is C17H18FN5O3. The quantitative estimate of drug-likeness (QED) is 0.693. The van der Waals surface area contributed by atoms with Gasteiger partial charge in [-0.2, -0.15) is 0 Å². The number of nitrogens with one attached hydrogen (secondary N) is 2. The molecule has 0 fully saturated rings. The predicted molar refractivity (Wildman–Crippen MR) is 92.3 cm³/mol. The molecule has 1 amide bonds. The lowest BCUT2D eigenvalue weighted by molar-refractivity contribution is 0.0938. The molecule has 2 heterocycles. The minimum atomic E-state index is -0.495. The van der Waals surface area contributed by atoms with Gasteiger partial charge >= 0.3 is 0 Å². The SMILES string of the molecule is COCCn1cnnc1C(C)NC(=O)c1cc(=O)[nH]c2cc(F)ccc12. The Balaban J connectivity index is 1.88. The van der Waals surface area contributed by atoms with E-state index in [0.29, 0.717) is 24.4 Å². The molecule has 8 nitrogen and oxygen atoms in total. The Bertz CT molecular complexity index is 997. The lowest BCUT2D eigenvalue weighted by atomic mass is 10.1. The van der Waals surface area contributed by atoms with Gasteiger partial charge in [0.25, 0.3) is 5.91 Å². The normalized spacial score (nSPS) is 12.3. The van der Waals surface area contributed by atoms with Gasteiger partial charge in [0, 0.05) is 25.1 Å². The van der Waals surface area contributed by atoms with E-state index < -0.39 is 23.3 Å². The van der Waals surface area contributed by atoms with Gasteiger partial charge in [0.05, 0.1) is 23.7 Å². The maximum absolute atomic E-state index is 13.4. The van der Waals surface area contributed by atoms with Crippen LogP contribution in [0, 0.1) is 5.82 Å². The minimum Gasteiger partial charge on any atom is -0.383 e. The summed E-state index contributed by atoms with van der Waals surface area (Å²) in [7, 11) is 1.59. The first-order valence-electron chi connectivity index (χ1n) is 7.99. The van der Waals surface area contributed by atoms with E-state index in [9.17, 15) is 14.0 Å². The maximum atomic E-state index is 13.4. The highest BCUT2D eigenvalue weighted by Gasteiger charge is 2.19. The summed E-state index contributed by atoms with van der Waals surface area (Å²) in [6.45, 7) is 2.79. The largest absolute Gasteiger partial charge is 0.383 e. The highest BCUT2D eigenvalue weighted by atomic mass is 19.1. The van der Waals surface area contributed by atoms with Gasteiger partial charge in [-0.25, -0.2) is 4.39 Å². The zero-order valence-corrected chi connectivity index (χ0v) is 14.3. The van der Waals surface area contributed by atoms with Crippen LogP contribution in [0.4, 0.5) is 4.39 Å². The number of pyridine rings is 1.